The van der Waals surface area contributed by atoms with E-state index in [1.807, 2.05) is 30.3 Å². The van der Waals surface area contributed by atoms with Gasteiger partial charge in [-0.2, -0.15) is 0 Å². The minimum atomic E-state index is 0.775. The Hall–Kier alpha value is -1.30. The van der Waals surface area contributed by atoms with Crippen LogP contribution in [-0.2, 0) is 4.74 Å². The lowest BCUT2D eigenvalue weighted by Crippen LogP contribution is -2.90. The highest BCUT2D eigenvalue weighted by Crippen LogP contribution is 2.08. The first kappa shape index (κ1) is 10.2. The molecular formula is C10H15N4O+. The fourth-order valence-corrected chi connectivity index (χ4v) is 1.35. The molecule has 0 spiro atoms. The van der Waals surface area contributed by atoms with E-state index in [4.69, 9.17) is 4.74 Å². The number of nitrogens with zero attached hydrogens (tertiary/aromatic N) is 3. The zero-order valence-corrected chi connectivity index (χ0v) is 8.54. The molecular weight excluding hydrogens is 192 g/mol. The zero-order valence-electron chi connectivity index (χ0n) is 8.54. The average molecular weight is 207 g/mol. The smallest absolute Gasteiger partial charge is 0.0909 e. The summed E-state index contributed by atoms with van der Waals surface area (Å²) in [6.07, 6.45) is 0. The summed E-state index contributed by atoms with van der Waals surface area (Å²) in [6.45, 7) is 3.34. The van der Waals surface area contributed by atoms with Crippen LogP contribution in [-0.4, -0.2) is 31.3 Å². The SMILES string of the molecule is c1ccc(N=N[NH2+]N2CCOCC2)cc1. The van der Waals surface area contributed by atoms with E-state index in [0.717, 1.165) is 32.0 Å². The van der Waals surface area contributed by atoms with Gasteiger partial charge in [-0.1, -0.05) is 23.3 Å². The maximum absolute atomic E-state index is 5.23. The van der Waals surface area contributed by atoms with Crippen molar-refractivity contribution in [2.75, 3.05) is 26.3 Å². The maximum atomic E-state index is 5.23. The van der Waals surface area contributed by atoms with Gasteiger partial charge >= 0.3 is 0 Å². The van der Waals surface area contributed by atoms with Crippen LogP contribution >= 0.6 is 0 Å². The molecule has 0 atom stereocenters. The molecule has 0 saturated carbocycles. The van der Waals surface area contributed by atoms with Crippen molar-refractivity contribution in [2.24, 2.45) is 10.3 Å². The van der Waals surface area contributed by atoms with Crippen LogP contribution in [0.15, 0.2) is 40.7 Å². The molecule has 5 heteroatoms. The number of benzene rings is 1. The number of ether oxygens (including phenoxy) is 1. The van der Waals surface area contributed by atoms with E-state index in [0.29, 0.717) is 0 Å². The Kier molecular flexibility index (Phi) is 3.78. The van der Waals surface area contributed by atoms with E-state index in [1.165, 1.54) is 0 Å². The molecule has 5 nitrogen and oxygen atoms in total. The summed E-state index contributed by atoms with van der Waals surface area (Å²) in [4.78, 5) is 0. The molecule has 1 aliphatic rings. The zero-order chi connectivity index (χ0) is 10.3. The number of morpholine rings is 1. The molecule has 1 aromatic rings. The predicted molar refractivity (Wildman–Crippen MR) is 55.3 cm³/mol. The molecule has 1 aromatic carbocycles. The van der Waals surface area contributed by atoms with Crippen molar-refractivity contribution in [3.63, 3.8) is 0 Å². The highest BCUT2D eigenvalue weighted by Gasteiger charge is 2.11. The Morgan fingerprint density at radius 3 is 2.60 bits per heavy atom. The van der Waals surface area contributed by atoms with Crippen molar-refractivity contribution in [3.05, 3.63) is 30.3 Å². The van der Waals surface area contributed by atoms with Crippen LogP contribution in [0.1, 0.15) is 0 Å². The second-order valence-corrected chi connectivity index (χ2v) is 3.31. The van der Waals surface area contributed by atoms with Crippen LogP contribution in [0.4, 0.5) is 5.69 Å². The quantitative estimate of drug-likeness (QED) is 0.445. The number of hydrogen-bond acceptors (Lipinski definition) is 4. The monoisotopic (exact) mass is 207 g/mol. The van der Waals surface area contributed by atoms with Gasteiger partial charge in [0.25, 0.3) is 0 Å². The highest BCUT2D eigenvalue weighted by atomic mass is 16.5. The third-order valence-corrected chi connectivity index (χ3v) is 2.19. The van der Waals surface area contributed by atoms with Crippen molar-refractivity contribution >= 4 is 5.69 Å². The first-order chi connectivity index (χ1) is 7.45. The van der Waals surface area contributed by atoms with Gasteiger partial charge in [-0.3, -0.25) is 0 Å². The summed E-state index contributed by atoms with van der Waals surface area (Å²) in [6, 6.07) is 9.71. The van der Waals surface area contributed by atoms with Crippen LogP contribution in [0.5, 0.6) is 0 Å². The average Bonchev–Trinajstić information content (AvgIpc) is 2.32. The fourth-order valence-electron chi connectivity index (χ4n) is 1.35. The van der Waals surface area contributed by atoms with Gasteiger partial charge in [-0.05, 0) is 12.1 Å². The van der Waals surface area contributed by atoms with Gasteiger partial charge in [0.2, 0.25) is 0 Å². The van der Waals surface area contributed by atoms with Gasteiger partial charge in [0, 0.05) is 5.22 Å². The van der Waals surface area contributed by atoms with Gasteiger partial charge in [-0.15, -0.1) is 10.5 Å². The van der Waals surface area contributed by atoms with Crippen molar-refractivity contribution in [3.8, 4) is 0 Å². The number of nitrogens with two attached hydrogens (primary N) is 1. The van der Waals surface area contributed by atoms with E-state index in [1.54, 1.807) is 5.53 Å². The number of rotatable bonds is 3. The van der Waals surface area contributed by atoms with Crippen LogP contribution < -0.4 is 5.53 Å². The molecule has 1 aliphatic heterocycles. The van der Waals surface area contributed by atoms with Gasteiger partial charge in [-0.25, -0.2) is 0 Å². The topological polar surface area (TPSA) is 53.8 Å². The lowest BCUT2D eigenvalue weighted by atomic mass is 10.3. The minimum Gasteiger partial charge on any atom is -0.378 e. The Morgan fingerprint density at radius 2 is 1.87 bits per heavy atom. The van der Waals surface area contributed by atoms with Crippen molar-refractivity contribution < 1.29 is 10.3 Å². The Balaban J connectivity index is 1.79. The van der Waals surface area contributed by atoms with E-state index in [2.05, 4.69) is 15.3 Å². The molecule has 15 heavy (non-hydrogen) atoms. The normalized spacial score (nSPS) is 18.4. The predicted octanol–water partition coefficient (Wildman–Crippen LogP) is 0.496. The highest BCUT2D eigenvalue weighted by molar-refractivity contribution is 5.34. The van der Waals surface area contributed by atoms with Crippen molar-refractivity contribution in [1.29, 1.82) is 0 Å². The molecule has 1 saturated heterocycles. The maximum Gasteiger partial charge on any atom is 0.0909 e. The van der Waals surface area contributed by atoms with Gasteiger partial charge < -0.3 is 4.74 Å². The molecule has 2 rings (SSSR count). The summed E-state index contributed by atoms with van der Waals surface area (Å²) in [7, 11) is 0. The standard InChI is InChI=1S/C10H14N4O/c1-2-4-10(5-3-1)11-12-13-14-6-8-15-9-7-14/h1-5H,6-9H2,(H,11,13)/p+1. The van der Waals surface area contributed by atoms with Crippen molar-refractivity contribution in [1.82, 2.24) is 5.01 Å². The third kappa shape index (κ3) is 3.39. The Bertz CT molecular complexity index is 308. The summed E-state index contributed by atoms with van der Waals surface area (Å²) in [5.41, 5.74) is 2.65. The Labute approximate surface area is 88.7 Å². The van der Waals surface area contributed by atoms with E-state index < -0.39 is 0 Å². The molecule has 1 fully saturated rings. The molecule has 0 bridgehead atoms. The van der Waals surface area contributed by atoms with E-state index in [-0.39, 0.29) is 0 Å². The molecule has 1 heterocycles. The molecule has 0 unspecified atom stereocenters. The molecule has 2 N–H and O–H groups in total. The second-order valence-electron chi connectivity index (χ2n) is 3.31. The lowest BCUT2D eigenvalue weighted by molar-refractivity contribution is -0.817. The van der Waals surface area contributed by atoms with E-state index in [9.17, 15) is 0 Å². The van der Waals surface area contributed by atoms with Gasteiger partial charge in [0.1, 0.15) is 0 Å². The largest absolute Gasteiger partial charge is 0.378 e. The van der Waals surface area contributed by atoms with Crippen LogP contribution in [0, 0.1) is 0 Å². The van der Waals surface area contributed by atoms with Crippen LogP contribution in [0.25, 0.3) is 0 Å². The first-order valence-electron chi connectivity index (χ1n) is 5.06. The summed E-state index contributed by atoms with van der Waals surface area (Å²) in [5, 5.41) is 10.2. The van der Waals surface area contributed by atoms with E-state index >= 15 is 0 Å². The molecule has 0 amide bonds. The fraction of sp³-hybridized carbons (Fsp3) is 0.400. The van der Waals surface area contributed by atoms with Crippen LogP contribution in [0.3, 0.4) is 0 Å². The summed E-state index contributed by atoms with van der Waals surface area (Å²) >= 11 is 0. The minimum absolute atomic E-state index is 0.775. The lowest BCUT2D eigenvalue weighted by Gasteiger charge is -2.19. The molecule has 0 aromatic heterocycles. The number of hydrogen-bond donors (Lipinski definition) is 1. The third-order valence-electron chi connectivity index (χ3n) is 2.19. The second kappa shape index (κ2) is 5.55. The Morgan fingerprint density at radius 1 is 1.13 bits per heavy atom. The first-order valence-corrected chi connectivity index (χ1v) is 5.06. The molecule has 0 aliphatic carbocycles. The summed E-state index contributed by atoms with van der Waals surface area (Å²) < 4.78 is 5.23. The molecule has 0 radical (unpaired) electrons. The van der Waals surface area contributed by atoms with Gasteiger partial charge in [0.15, 0.2) is 0 Å². The summed E-state index contributed by atoms with van der Waals surface area (Å²) in [5.74, 6) is 0. The number of quaternary nitrogens is 1. The molecule has 80 valence electrons. The van der Waals surface area contributed by atoms with Crippen molar-refractivity contribution in [2.45, 2.75) is 0 Å². The van der Waals surface area contributed by atoms with Gasteiger partial charge in [0.05, 0.1) is 32.0 Å². The van der Waals surface area contributed by atoms with Crippen LogP contribution in [0.2, 0.25) is 0 Å².